The zero-order valence-electron chi connectivity index (χ0n) is 7.89. The van der Waals surface area contributed by atoms with Crippen molar-refractivity contribution in [2.24, 2.45) is 5.92 Å². The first-order valence-corrected chi connectivity index (χ1v) is 5.28. The summed E-state index contributed by atoms with van der Waals surface area (Å²) in [5.41, 5.74) is 0. The molecule has 64 valence electrons. The van der Waals surface area contributed by atoms with E-state index in [2.05, 4.69) is 11.8 Å². The van der Waals surface area contributed by atoms with Gasteiger partial charge in [-0.15, -0.1) is 0 Å². The smallest absolute Gasteiger partial charge is 0.100 e. The molecule has 0 amide bonds. The fourth-order valence-corrected chi connectivity index (χ4v) is 0.593. The van der Waals surface area contributed by atoms with Crippen LogP contribution in [0.15, 0.2) is 0 Å². The molecule has 2 heteroatoms. The highest BCUT2D eigenvalue weighted by atomic mass is 32.2. The van der Waals surface area contributed by atoms with Gasteiger partial charge in [-0.1, -0.05) is 25.7 Å². The Labute approximate surface area is 72.0 Å². The Morgan fingerprint density at radius 3 is 2.09 bits per heavy atom. The summed E-state index contributed by atoms with van der Waals surface area (Å²) in [6.07, 6.45) is 1.69. The van der Waals surface area contributed by atoms with Crippen LogP contribution in [0.2, 0.25) is 0 Å². The summed E-state index contributed by atoms with van der Waals surface area (Å²) in [6.45, 7) is 7.86. The van der Waals surface area contributed by atoms with E-state index in [1.165, 1.54) is 0 Å². The predicted octanol–water partition coefficient (Wildman–Crippen LogP) is 1.80. The van der Waals surface area contributed by atoms with Gasteiger partial charge in [0.1, 0.15) is 4.75 Å². The quantitative estimate of drug-likeness (QED) is 0.551. The van der Waals surface area contributed by atoms with E-state index >= 15 is 0 Å². The van der Waals surface area contributed by atoms with E-state index in [9.17, 15) is 4.21 Å². The van der Waals surface area contributed by atoms with Gasteiger partial charge in [0, 0.05) is 23.0 Å². The SMILES string of the molecule is CC(C)C#CC(C)(C)S(C)=O. The molecule has 0 spiro atoms. The Hall–Kier alpha value is -0.290. The van der Waals surface area contributed by atoms with E-state index in [1.807, 2.05) is 27.7 Å². The van der Waals surface area contributed by atoms with Crippen LogP contribution < -0.4 is 0 Å². The lowest BCUT2D eigenvalue weighted by atomic mass is 10.1. The maximum absolute atomic E-state index is 11.1. The monoisotopic (exact) mass is 172 g/mol. The molecule has 0 N–H and O–H groups in total. The van der Waals surface area contributed by atoms with Crippen molar-refractivity contribution >= 4 is 10.8 Å². The Balaban J connectivity index is 4.38. The van der Waals surface area contributed by atoms with Crippen molar-refractivity contribution in [2.75, 3.05) is 6.26 Å². The van der Waals surface area contributed by atoms with Crippen LogP contribution in [-0.4, -0.2) is 15.2 Å². The molecule has 0 saturated heterocycles. The fraction of sp³-hybridized carbons (Fsp3) is 0.778. The van der Waals surface area contributed by atoms with Crippen LogP contribution in [0, 0.1) is 17.8 Å². The summed E-state index contributed by atoms with van der Waals surface area (Å²) < 4.78 is 10.7. The molecule has 0 aromatic heterocycles. The molecule has 0 radical (unpaired) electrons. The van der Waals surface area contributed by atoms with Crippen molar-refractivity contribution < 1.29 is 4.21 Å². The molecule has 0 heterocycles. The third-order valence-electron chi connectivity index (χ3n) is 1.38. The van der Waals surface area contributed by atoms with Crippen molar-refractivity contribution in [1.82, 2.24) is 0 Å². The summed E-state index contributed by atoms with van der Waals surface area (Å²) in [6, 6.07) is 0. The minimum Gasteiger partial charge on any atom is -0.258 e. The molecule has 0 fully saturated rings. The molecular formula is C9H16OS. The molecule has 0 aliphatic heterocycles. The second-order valence-corrected chi connectivity index (χ2v) is 5.32. The van der Waals surface area contributed by atoms with Crippen molar-refractivity contribution in [3.8, 4) is 11.8 Å². The first-order chi connectivity index (χ1) is 4.86. The average molecular weight is 172 g/mol. The first kappa shape index (κ1) is 10.7. The van der Waals surface area contributed by atoms with Crippen LogP contribution in [0.4, 0.5) is 0 Å². The van der Waals surface area contributed by atoms with Gasteiger partial charge in [0.15, 0.2) is 0 Å². The second kappa shape index (κ2) is 3.92. The topological polar surface area (TPSA) is 17.1 Å². The van der Waals surface area contributed by atoms with E-state index < -0.39 is 10.8 Å². The molecule has 0 saturated carbocycles. The summed E-state index contributed by atoms with van der Waals surface area (Å²) >= 11 is 0. The van der Waals surface area contributed by atoms with Gasteiger partial charge in [-0.2, -0.15) is 0 Å². The fourth-order valence-electron chi connectivity index (χ4n) is 0.390. The number of rotatable bonds is 1. The normalized spacial score (nSPS) is 14.0. The van der Waals surface area contributed by atoms with E-state index in [-0.39, 0.29) is 4.75 Å². The number of hydrogen-bond acceptors (Lipinski definition) is 1. The molecule has 1 nitrogen and oxygen atoms in total. The second-order valence-electron chi connectivity index (χ2n) is 3.39. The molecule has 0 rings (SSSR count). The average Bonchev–Trinajstić information content (AvgIpc) is 1.84. The predicted molar refractivity (Wildman–Crippen MR) is 50.8 cm³/mol. The highest BCUT2D eigenvalue weighted by Crippen LogP contribution is 2.09. The molecule has 0 aliphatic rings. The largest absolute Gasteiger partial charge is 0.258 e. The van der Waals surface area contributed by atoms with Crippen molar-refractivity contribution in [2.45, 2.75) is 32.4 Å². The van der Waals surface area contributed by atoms with Crippen LogP contribution in [0.25, 0.3) is 0 Å². The lowest BCUT2D eigenvalue weighted by Crippen LogP contribution is -2.23. The molecular weight excluding hydrogens is 156 g/mol. The van der Waals surface area contributed by atoms with Crippen molar-refractivity contribution in [3.63, 3.8) is 0 Å². The van der Waals surface area contributed by atoms with Crippen molar-refractivity contribution in [1.29, 1.82) is 0 Å². The zero-order valence-corrected chi connectivity index (χ0v) is 8.71. The minimum absolute atomic E-state index is 0.357. The Morgan fingerprint density at radius 2 is 1.82 bits per heavy atom. The van der Waals surface area contributed by atoms with Gasteiger partial charge in [-0.25, -0.2) is 0 Å². The number of hydrogen-bond donors (Lipinski definition) is 0. The van der Waals surface area contributed by atoms with Crippen LogP contribution in [0.5, 0.6) is 0 Å². The zero-order chi connectivity index (χ0) is 9.07. The first-order valence-electron chi connectivity index (χ1n) is 3.72. The standard InChI is InChI=1S/C9H16OS/c1-8(2)6-7-9(3,4)11(5)10/h8H,1-5H3. The highest BCUT2D eigenvalue weighted by molar-refractivity contribution is 7.85. The van der Waals surface area contributed by atoms with E-state index in [0.717, 1.165) is 0 Å². The minimum atomic E-state index is -0.866. The van der Waals surface area contributed by atoms with E-state index in [1.54, 1.807) is 6.26 Å². The summed E-state index contributed by atoms with van der Waals surface area (Å²) in [5.74, 6) is 6.39. The lowest BCUT2D eigenvalue weighted by Gasteiger charge is -2.12. The molecule has 0 aliphatic carbocycles. The molecule has 0 aromatic carbocycles. The van der Waals surface area contributed by atoms with Crippen LogP contribution >= 0.6 is 0 Å². The maximum atomic E-state index is 11.1. The Morgan fingerprint density at radius 1 is 1.36 bits per heavy atom. The van der Waals surface area contributed by atoms with Gasteiger partial charge in [-0.3, -0.25) is 4.21 Å². The lowest BCUT2D eigenvalue weighted by molar-refractivity contribution is 0.670. The molecule has 11 heavy (non-hydrogen) atoms. The van der Waals surface area contributed by atoms with Crippen molar-refractivity contribution in [3.05, 3.63) is 0 Å². The van der Waals surface area contributed by atoms with Gasteiger partial charge in [0.25, 0.3) is 0 Å². The van der Waals surface area contributed by atoms with Crippen LogP contribution in [-0.2, 0) is 10.8 Å². The summed E-state index contributed by atoms with van der Waals surface area (Å²) in [4.78, 5) is 0. The Kier molecular flexibility index (Phi) is 3.82. The summed E-state index contributed by atoms with van der Waals surface area (Å²) in [5, 5.41) is 0. The highest BCUT2D eigenvalue weighted by Gasteiger charge is 2.18. The third kappa shape index (κ3) is 4.21. The van der Waals surface area contributed by atoms with Gasteiger partial charge in [0.05, 0.1) is 0 Å². The summed E-state index contributed by atoms with van der Waals surface area (Å²) in [7, 11) is -0.866. The maximum Gasteiger partial charge on any atom is 0.100 e. The molecule has 0 aromatic rings. The molecule has 0 bridgehead atoms. The van der Waals surface area contributed by atoms with E-state index in [0.29, 0.717) is 5.92 Å². The van der Waals surface area contributed by atoms with Gasteiger partial charge in [0.2, 0.25) is 0 Å². The van der Waals surface area contributed by atoms with Gasteiger partial charge >= 0.3 is 0 Å². The van der Waals surface area contributed by atoms with Gasteiger partial charge < -0.3 is 0 Å². The van der Waals surface area contributed by atoms with Gasteiger partial charge in [-0.05, 0) is 13.8 Å². The molecule has 1 atom stereocenters. The van der Waals surface area contributed by atoms with Crippen LogP contribution in [0.3, 0.4) is 0 Å². The third-order valence-corrected chi connectivity index (χ3v) is 2.92. The van der Waals surface area contributed by atoms with Crippen LogP contribution in [0.1, 0.15) is 27.7 Å². The molecule has 1 unspecified atom stereocenters. The van der Waals surface area contributed by atoms with E-state index in [4.69, 9.17) is 0 Å². The Bertz CT molecular complexity index is 205.